The largest absolute Gasteiger partial charge is 0.309 e. The number of hydrogen-bond donors (Lipinski definition) is 1. The summed E-state index contributed by atoms with van der Waals surface area (Å²) in [5, 5.41) is 3.69. The average molecular weight is 259 g/mol. The van der Waals surface area contributed by atoms with E-state index in [1.54, 1.807) is 0 Å². The summed E-state index contributed by atoms with van der Waals surface area (Å²) >= 11 is 0. The van der Waals surface area contributed by atoms with Crippen molar-refractivity contribution in [2.24, 2.45) is 0 Å². The third-order valence-electron chi connectivity index (χ3n) is 4.70. The van der Waals surface area contributed by atoms with E-state index in [2.05, 4.69) is 53.4 Å². The predicted octanol–water partition coefficient (Wildman–Crippen LogP) is 1.51. The highest BCUT2D eigenvalue weighted by Crippen LogP contribution is 2.24. The standard InChI is InChI=1S/C16H25N3/c1-13-11-19(10-9-18(13)2)12-16-15-6-4-3-5-14(15)7-8-17-16/h3-6,13,16-17H,7-12H2,1-2H3. The van der Waals surface area contributed by atoms with Crippen LogP contribution in [0.15, 0.2) is 24.3 Å². The molecule has 1 aromatic carbocycles. The summed E-state index contributed by atoms with van der Waals surface area (Å²) < 4.78 is 0. The maximum absolute atomic E-state index is 3.69. The lowest BCUT2D eigenvalue weighted by atomic mass is 9.94. The molecule has 0 spiro atoms. The Labute approximate surface area is 116 Å². The van der Waals surface area contributed by atoms with Crippen LogP contribution >= 0.6 is 0 Å². The van der Waals surface area contributed by atoms with Crippen LogP contribution in [-0.4, -0.2) is 55.6 Å². The molecule has 1 saturated heterocycles. The molecule has 2 unspecified atom stereocenters. The van der Waals surface area contributed by atoms with Crippen LogP contribution in [0.3, 0.4) is 0 Å². The zero-order chi connectivity index (χ0) is 13.2. The molecule has 0 saturated carbocycles. The maximum atomic E-state index is 3.69. The molecule has 2 aliphatic heterocycles. The van der Waals surface area contributed by atoms with Crippen LogP contribution in [-0.2, 0) is 6.42 Å². The minimum absolute atomic E-state index is 0.514. The molecule has 3 nitrogen and oxygen atoms in total. The number of likely N-dealkylation sites (N-methyl/N-ethyl adjacent to an activating group) is 1. The number of nitrogens with one attached hydrogen (secondary N) is 1. The van der Waals surface area contributed by atoms with Gasteiger partial charge in [0.15, 0.2) is 0 Å². The SMILES string of the molecule is CC1CN(CC2NCCc3ccccc32)CCN1C. The highest BCUT2D eigenvalue weighted by Gasteiger charge is 2.25. The van der Waals surface area contributed by atoms with Gasteiger partial charge in [0.2, 0.25) is 0 Å². The normalized spacial score (nSPS) is 29.2. The van der Waals surface area contributed by atoms with Gasteiger partial charge in [-0.15, -0.1) is 0 Å². The van der Waals surface area contributed by atoms with E-state index in [1.165, 1.54) is 37.2 Å². The minimum atomic E-state index is 0.514. The van der Waals surface area contributed by atoms with Crippen molar-refractivity contribution in [2.75, 3.05) is 39.8 Å². The quantitative estimate of drug-likeness (QED) is 0.868. The summed E-state index contributed by atoms with van der Waals surface area (Å²) in [4.78, 5) is 5.07. The van der Waals surface area contributed by atoms with Gasteiger partial charge in [-0.2, -0.15) is 0 Å². The molecule has 0 radical (unpaired) electrons. The van der Waals surface area contributed by atoms with Crippen LogP contribution in [0.2, 0.25) is 0 Å². The fourth-order valence-electron chi connectivity index (χ4n) is 3.30. The van der Waals surface area contributed by atoms with Crippen molar-refractivity contribution in [1.29, 1.82) is 0 Å². The fraction of sp³-hybridized carbons (Fsp3) is 0.625. The van der Waals surface area contributed by atoms with Crippen LogP contribution in [0.25, 0.3) is 0 Å². The second-order valence-corrected chi connectivity index (χ2v) is 6.04. The van der Waals surface area contributed by atoms with Crippen molar-refractivity contribution in [3.63, 3.8) is 0 Å². The summed E-state index contributed by atoms with van der Waals surface area (Å²) in [7, 11) is 2.23. The van der Waals surface area contributed by atoms with Gasteiger partial charge >= 0.3 is 0 Å². The van der Waals surface area contributed by atoms with Crippen molar-refractivity contribution < 1.29 is 0 Å². The van der Waals surface area contributed by atoms with E-state index in [1.807, 2.05) is 0 Å². The van der Waals surface area contributed by atoms with Gasteiger partial charge < -0.3 is 10.2 Å². The van der Waals surface area contributed by atoms with E-state index in [0.29, 0.717) is 12.1 Å². The molecule has 0 aliphatic carbocycles. The smallest absolute Gasteiger partial charge is 0.0452 e. The number of rotatable bonds is 2. The van der Waals surface area contributed by atoms with Gasteiger partial charge in [0, 0.05) is 38.3 Å². The van der Waals surface area contributed by atoms with Crippen molar-refractivity contribution in [3.05, 3.63) is 35.4 Å². The Kier molecular flexibility index (Phi) is 3.87. The van der Waals surface area contributed by atoms with Crippen LogP contribution in [0.1, 0.15) is 24.1 Å². The Balaban J connectivity index is 1.68. The lowest BCUT2D eigenvalue weighted by molar-refractivity contribution is 0.0962. The Morgan fingerprint density at radius 2 is 2.11 bits per heavy atom. The first-order valence-corrected chi connectivity index (χ1v) is 7.48. The van der Waals surface area contributed by atoms with E-state index in [9.17, 15) is 0 Å². The number of nitrogens with zero attached hydrogens (tertiary/aromatic N) is 2. The van der Waals surface area contributed by atoms with E-state index < -0.39 is 0 Å². The third kappa shape index (κ3) is 2.83. The number of benzene rings is 1. The van der Waals surface area contributed by atoms with Crippen molar-refractivity contribution >= 4 is 0 Å². The van der Waals surface area contributed by atoms with Gasteiger partial charge in [0.05, 0.1) is 0 Å². The van der Waals surface area contributed by atoms with E-state index in [4.69, 9.17) is 0 Å². The van der Waals surface area contributed by atoms with E-state index >= 15 is 0 Å². The molecule has 2 heterocycles. The number of piperazine rings is 1. The first-order valence-electron chi connectivity index (χ1n) is 7.48. The molecular formula is C16H25N3. The Morgan fingerprint density at radius 1 is 1.26 bits per heavy atom. The molecule has 0 aromatic heterocycles. The van der Waals surface area contributed by atoms with Gasteiger partial charge in [-0.3, -0.25) is 4.90 Å². The lowest BCUT2D eigenvalue weighted by Gasteiger charge is -2.40. The van der Waals surface area contributed by atoms with Crippen molar-refractivity contribution in [1.82, 2.24) is 15.1 Å². The monoisotopic (exact) mass is 259 g/mol. The lowest BCUT2D eigenvalue weighted by Crippen LogP contribution is -2.52. The molecule has 2 aliphatic rings. The molecule has 1 aromatic rings. The van der Waals surface area contributed by atoms with Gasteiger partial charge in [-0.05, 0) is 38.1 Å². The van der Waals surface area contributed by atoms with E-state index in [-0.39, 0.29) is 0 Å². The Bertz CT molecular complexity index is 432. The summed E-state index contributed by atoms with van der Waals surface area (Å²) in [5.41, 5.74) is 3.05. The number of fused-ring (bicyclic) bond motifs is 1. The van der Waals surface area contributed by atoms with Crippen LogP contribution < -0.4 is 5.32 Å². The van der Waals surface area contributed by atoms with Crippen LogP contribution in [0, 0.1) is 0 Å². The molecule has 1 fully saturated rings. The highest BCUT2D eigenvalue weighted by atomic mass is 15.3. The summed E-state index contributed by atoms with van der Waals surface area (Å²) in [6, 6.07) is 10.1. The Hall–Kier alpha value is -0.900. The molecule has 1 N–H and O–H groups in total. The molecule has 3 rings (SSSR count). The third-order valence-corrected chi connectivity index (χ3v) is 4.70. The molecular weight excluding hydrogens is 234 g/mol. The summed E-state index contributed by atoms with van der Waals surface area (Å²) in [6.07, 6.45) is 1.17. The van der Waals surface area contributed by atoms with Gasteiger partial charge in [0.25, 0.3) is 0 Å². The molecule has 0 bridgehead atoms. The van der Waals surface area contributed by atoms with Crippen LogP contribution in [0.5, 0.6) is 0 Å². The molecule has 19 heavy (non-hydrogen) atoms. The highest BCUT2D eigenvalue weighted by molar-refractivity contribution is 5.32. The summed E-state index contributed by atoms with van der Waals surface area (Å²) in [5.74, 6) is 0. The van der Waals surface area contributed by atoms with Gasteiger partial charge in [-0.1, -0.05) is 24.3 Å². The van der Waals surface area contributed by atoms with Crippen LogP contribution in [0.4, 0.5) is 0 Å². The van der Waals surface area contributed by atoms with Crippen molar-refractivity contribution in [2.45, 2.75) is 25.4 Å². The first kappa shape index (κ1) is 13.1. The maximum Gasteiger partial charge on any atom is 0.0452 e. The summed E-state index contributed by atoms with van der Waals surface area (Å²) in [6.45, 7) is 8.17. The van der Waals surface area contributed by atoms with Gasteiger partial charge in [-0.25, -0.2) is 0 Å². The van der Waals surface area contributed by atoms with Crippen molar-refractivity contribution in [3.8, 4) is 0 Å². The average Bonchev–Trinajstić information content (AvgIpc) is 2.43. The molecule has 104 valence electrons. The predicted molar refractivity (Wildman–Crippen MR) is 79.4 cm³/mol. The number of hydrogen-bond acceptors (Lipinski definition) is 3. The second-order valence-electron chi connectivity index (χ2n) is 6.04. The van der Waals surface area contributed by atoms with Gasteiger partial charge in [0.1, 0.15) is 0 Å². The topological polar surface area (TPSA) is 18.5 Å². The zero-order valence-corrected chi connectivity index (χ0v) is 12.1. The zero-order valence-electron chi connectivity index (χ0n) is 12.1. The van der Waals surface area contributed by atoms with E-state index in [0.717, 1.165) is 13.1 Å². The second kappa shape index (κ2) is 5.61. The first-order chi connectivity index (χ1) is 9.24. The Morgan fingerprint density at radius 3 is 2.95 bits per heavy atom. The molecule has 0 amide bonds. The fourth-order valence-corrected chi connectivity index (χ4v) is 3.30. The molecule has 2 atom stereocenters. The minimum Gasteiger partial charge on any atom is -0.309 e. The molecule has 3 heteroatoms.